The summed E-state index contributed by atoms with van der Waals surface area (Å²) in [5.74, 6) is -0.841. The minimum Gasteiger partial charge on any atom is -0.364 e. The molecule has 2 rings (SSSR count). The second kappa shape index (κ2) is 3.57. The van der Waals surface area contributed by atoms with E-state index in [1.54, 1.807) is 24.4 Å². The molecular formula is C11H9FN2O. The molecule has 0 unspecified atom stereocenters. The van der Waals surface area contributed by atoms with Gasteiger partial charge in [0.15, 0.2) is 0 Å². The normalized spacial score (nSPS) is 10.2. The number of rotatable bonds is 2. The number of nitrogens with one attached hydrogen (secondary N) is 1. The van der Waals surface area contributed by atoms with E-state index in [1.165, 1.54) is 12.1 Å². The topological polar surface area (TPSA) is 58.9 Å². The highest BCUT2D eigenvalue weighted by atomic mass is 19.1. The first-order valence-electron chi connectivity index (χ1n) is 4.41. The Morgan fingerprint density at radius 3 is 2.67 bits per heavy atom. The molecule has 3 N–H and O–H groups in total. The van der Waals surface area contributed by atoms with Crippen LogP contribution in [0.1, 0.15) is 10.5 Å². The van der Waals surface area contributed by atoms with E-state index >= 15 is 0 Å². The van der Waals surface area contributed by atoms with Crippen molar-refractivity contribution in [3.05, 3.63) is 48.0 Å². The van der Waals surface area contributed by atoms with Crippen LogP contribution in [0.2, 0.25) is 0 Å². The van der Waals surface area contributed by atoms with Gasteiger partial charge in [-0.05, 0) is 23.8 Å². The standard InChI is InChI=1S/C11H9FN2O/c12-9-3-1-2-7(4-9)8-5-10(11(13)15)14-6-8/h1-6,14H,(H2,13,15). The minimum absolute atomic E-state index is 0.311. The van der Waals surface area contributed by atoms with E-state index in [4.69, 9.17) is 5.73 Å². The molecule has 0 spiro atoms. The molecule has 76 valence electrons. The van der Waals surface area contributed by atoms with Crippen molar-refractivity contribution in [2.24, 2.45) is 5.73 Å². The third-order valence-electron chi connectivity index (χ3n) is 2.11. The Kier molecular flexibility index (Phi) is 2.25. The molecule has 0 saturated heterocycles. The molecule has 3 nitrogen and oxygen atoms in total. The van der Waals surface area contributed by atoms with Gasteiger partial charge in [-0.2, -0.15) is 0 Å². The molecule has 4 heteroatoms. The number of primary amides is 1. The van der Waals surface area contributed by atoms with Crippen molar-refractivity contribution >= 4 is 5.91 Å². The molecule has 1 amide bonds. The molecule has 1 aromatic heterocycles. The average molecular weight is 204 g/mol. The van der Waals surface area contributed by atoms with Gasteiger partial charge in [0.1, 0.15) is 11.5 Å². The number of amides is 1. The summed E-state index contributed by atoms with van der Waals surface area (Å²) in [5, 5.41) is 0. The monoisotopic (exact) mass is 204 g/mol. The molecule has 0 atom stereocenters. The lowest BCUT2D eigenvalue weighted by Crippen LogP contribution is -2.10. The van der Waals surface area contributed by atoms with Crippen LogP contribution in [0.3, 0.4) is 0 Å². The van der Waals surface area contributed by atoms with Crippen LogP contribution in [0.4, 0.5) is 4.39 Å². The number of hydrogen-bond donors (Lipinski definition) is 2. The largest absolute Gasteiger partial charge is 0.364 e. The van der Waals surface area contributed by atoms with Gasteiger partial charge in [-0.3, -0.25) is 4.79 Å². The number of halogens is 1. The molecule has 0 aliphatic rings. The number of aromatic nitrogens is 1. The summed E-state index contributed by atoms with van der Waals surface area (Å²) < 4.78 is 12.9. The van der Waals surface area contributed by atoms with Crippen LogP contribution in [0, 0.1) is 5.82 Å². The van der Waals surface area contributed by atoms with Crippen molar-refractivity contribution < 1.29 is 9.18 Å². The number of hydrogen-bond acceptors (Lipinski definition) is 1. The Bertz CT molecular complexity index is 505. The van der Waals surface area contributed by atoms with Crippen LogP contribution in [-0.4, -0.2) is 10.9 Å². The number of aromatic amines is 1. The Morgan fingerprint density at radius 1 is 1.27 bits per heavy atom. The van der Waals surface area contributed by atoms with E-state index < -0.39 is 5.91 Å². The first-order chi connectivity index (χ1) is 7.16. The lowest BCUT2D eigenvalue weighted by molar-refractivity contribution is 0.0996. The van der Waals surface area contributed by atoms with Crippen LogP contribution in [-0.2, 0) is 0 Å². The lowest BCUT2D eigenvalue weighted by atomic mass is 10.1. The van der Waals surface area contributed by atoms with E-state index in [2.05, 4.69) is 4.98 Å². The molecule has 15 heavy (non-hydrogen) atoms. The van der Waals surface area contributed by atoms with Crippen LogP contribution < -0.4 is 5.73 Å². The Balaban J connectivity index is 2.41. The molecule has 1 aromatic carbocycles. The van der Waals surface area contributed by atoms with Gasteiger partial charge in [0.25, 0.3) is 5.91 Å². The van der Waals surface area contributed by atoms with Gasteiger partial charge in [0, 0.05) is 11.8 Å². The lowest BCUT2D eigenvalue weighted by Gasteiger charge is -1.96. The Hall–Kier alpha value is -2.10. The Morgan fingerprint density at radius 2 is 2.07 bits per heavy atom. The molecular weight excluding hydrogens is 195 g/mol. The zero-order chi connectivity index (χ0) is 10.8. The zero-order valence-corrected chi connectivity index (χ0v) is 7.83. The van der Waals surface area contributed by atoms with Gasteiger partial charge in [-0.25, -0.2) is 4.39 Å². The van der Waals surface area contributed by atoms with E-state index in [-0.39, 0.29) is 5.82 Å². The number of H-pyrrole nitrogens is 1. The molecule has 2 aromatic rings. The summed E-state index contributed by atoms with van der Waals surface area (Å²) in [7, 11) is 0. The smallest absolute Gasteiger partial charge is 0.265 e. The van der Waals surface area contributed by atoms with Crippen LogP contribution in [0.25, 0.3) is 11.1 Å². The summed E-state index contributed by atoms with van der Waals surface area (Å²) >= 11 is 0. The number of nitrogens with two attached hydrogens (primary N) is 1. The van der Waals surface area contributed by atoms with E-state index in [1.807, 2.05) is 0 Å². The molecule has 0 fully saturated rings. The second-order valence-electron chi connectivity index (χ2n) is 3.18. The first-order valence-corrected chi connectivity index (χ1v) is 4.41. The van der Waals surface area contributed by atoms with Gasteiger partial charge in [-0.15, -0.1) is 0 Å². The van der Waals surface area contributed by atoms with Gasteiger partial charge < -0.3 is 10.7 Å². The zero-order valence-electron chi connectivity index (χ0n) is 7.83. The van der Waals surface area contributed by atoms with Gasteiger partial charge in [-0.1, -0.05) is 12.1 Å². The highest BCUT2D eigenvalue weighted by Gasteiger charge is 2.05. The van der Waals surface area contributed by atoms with Crippen molar-refractivity contribution in [1.82, 2.24) is 4.98 Å². The van der Waals surface area contributed by atoms with Gasteiger partial charge in [0.2, 0.25) is 0 Å². The molecule has 0 saturated carbocycles. The third-order valence-corrected chi connectivity index (χ3v) is 2.11. The molecule has 0 aliphatic carbocycles. The van der Waals surface area contributed by atoms with Crippen LogP contribution in [0.5, 0.6) is 0 Å². The second-order valence-corrected chi connectivity index (χ2v) is 3.18. The van der Waals surface area contributed by atoms with Crippen LogP contribution in [0.15, 0.2) is 36.5 Å². The van der Waals surface area contributed by atoms with Crippen molar-refractivity contribution in [2.75, 3.05) is 0 Å². The quantitative estimate of drug-likeness (QED) is 0.771. The fraction of sp³-hybridized carbons (Fsp3) is 0. The maximum absolute atomic E-state index is 12.9. The van der Waals surface area contributed by atoms with E-state index in [0.717, 1.165) is 5.56 Å². The maximum atomic E-state index is 12.9. The first kappa shape index (κ1) is 9.45. The Labute approximate surface area is 85.7 Å². The summed E-state index contributed by atoms with van der Waals surface area (Å²) in [6, 6.07) is 7.73. The van der Waals surface area contributed by atoms with Crippen molar-refractivity contribution in [2.45, 2.75) is 0 Å². The number of benzene rings is 1. The summed E-state index contributed by atoms with van der Waals surface area (Å²) in [5.41, 5.74) is 6.85. The number of carbonyl (C=O) groups excluding carboxylic acids is 1. The van der Waals surface area contributed by atoms with Crippen LogP contribution >= 0.6 is 0 Å². The average Bonchev–Trinajstić information content (AvgIpc) is 2.66. The van der Waals surface area contributed by atoms with Crippen molar-refractivity contribution in [3.63, 3.8) is 0 Å². The number of carbonyl (C=O) groups is 1. The minimum atomic E-state index is -0.530. The third kappa shape index (κ3) is 1.88. The van der Waals surface area contributed by atoms with E-state index in [9.17, 15) is 9.18 Å². The highest BCUT2D eigenvalue weighted by molar-refractivity contribution is 5.92. The summed E-state index contributed by atoms with van der Waals surface area (Å²) in [4.78, 5) is 13.6. The fourth-order valence-corrected chi connectivity index (χ4v) is 1.37. The predicted octanol–water partition coefficient (Wildman–Crippen LogP) is 1.92. The molecule has 1 heterocycles. The van der Waals surface area contributed by atoms with Crippen molar-refractivity contribution in [1.29, 1.82) is 0 Å². The summed E-state index contributed by atoms with van der Waals surface area (Å²) in [6.07, 6.45) is 1.62. The molecule has 0 radical (unpaired) electrons. The molecule has 0 aliphatic heterocycles. The van der Waals surface area contributed by atoms with Gasteiger partial charge in [0.05, 0.1) is 0 Å². The maximum Gasteiger partial charge on any atom is 0.265 e. The molecule has 0 bridgehead atoms. The fourth-order valence-electron chi connectivity index (χ4n) is 1.37. The van der Waals surface area contributed by atoms with E-state index in [0.29, 0.717) is 11.3 Å². The summed E-state index contributed by atoms with van der Waals surface area (Å²) in [6.45, 7) is 0. The van der Waals surface area contributed by atoms with Gasteiger partial charge >= 0.3 is 0 Å². The highest BCUT2D eigenvalue weighted by Crippen LogP contribution is 2.20. The predicted molar refractivity (Wildman–Crippen MR) is 54.7 cm³/mol. The van der Waals surface area contributed by atoms with Crippen molar-refractivity contribution in [3.8, 4) is 11.1 Å². The SMILES string of the molecule is NC(=O)c1cc(-c2cccc(F)c2)c[nH]1.